The van der Waals surface area contributed by atoms with Crippen LogP contribution in [0.25, 0.3) is 10.7 Å². The van der Waals surface area contributed by atoms with Crippen molar-refractivity contribution in [2.24, 2.45) is 28.9 Å². The molecule has 0 saturated heterocycles. The van der Waals surface area contributed by atoms with E-state index < -0.39 is 101 Å². The molecular weight excluding hydrogens is 1120 g/mol. The Balaban J connectivity index is 1.37. The fourth-order valence-corrected chi connectivity index (χ4v) is 10.2. The minimum atomic E-state index is -1.63. The molecule has 0 aliphatic carbocycles. The summed E-state index contributed by atoms with van der Waals surface area (Å²) in [6.07, 6.45) is 1.98. The third kappa shape index (κ3) is 23.0. The zero-order chi connectivity index (χ0) is 60.3. The first kappa shape index (κ1) is 68.0. The lowest BCUT2D eigenvalue weighted by Gasteiger charge is -2.31. The number of unbranched alkanes of at least 4 members (excludes halogenated alkanes) is 1. The fourth-order valence-electron chi connectivity index (χ4n) is 8.04. The number of amides is 7. The smallest absolute Gasteiger partial charge is 0.271 e. The van der Waals surface area contributed by atoms with E-state index in [9.17, 15) is 48.0 Å². The number of aliphatic hydroxyl groups excluding tert-OH is 2. The van der Waals surface area contributed by atoms with Crippen LogP contribution in [0.15, 0.2) is 41.1 Å². The van der Waals surface area contributed by atoms with Crippen LogP contribution in [0.3, 0.4) is 0 Å². The molecule has 0 spiro atoms. The number of hydrogen-bond donors (Lipinski definition) is 15. The molecular formula is C52H81N17O10S3. The monoisotopic (exact) mass is 1200 g/mol. The maximum atomic E-state index is 14.3. The summed E-state index contributed by atoms with van der Waals surface area (Å²) < 4.78 is 12.4. The molecule has 7 amide bonds. The third-order valence-corrected chi connectivity index (χ3v) is 15.5. The number of thiazole rings is 2. The van der Waals surface area contributed by atoms with Crippen LogP contribution in [0, 0.1) is 12.8 Å². The summed E-state index contributed by atoms with van der Waals surface area (Å²) in [6.45, 7) is 8.78. The average molecular weight is 1200 g/mol. The van der Waals surface area contributed by atoms with Gasteiger partial charge in [-0.25, -0.2) is 19.9 Å². The summed E-state index contributed by atoms with van der Waals surface area (Å²) in [7, 11) is -1.45. The quantitative estimate of drug-likeness (QED) is 0.0206. The number of nitrogens with two attached hydrogens (primary N) is 5. The molecule has 0 aliphatic rings. The molecule has 452 valence electrons. The first-order chi connectivity index (χ1) is 39.1. The van der Waals surface area contributed by atoms with Gasteiger partial charge in [0.15, 0.2) is 0 Å². The third-order valence-electron chi connectivity index (χ3n) is 12.9. The molecule has 0 fully saturated rings. The Morgan fingerprint density at radius 1 is 0.768 bits per heavy atom. The minimum Gasteiger partial charge on any atom is -0.391 e. The van der Waals surface area contributed by atoms with E-state index in [-0.39, 0.29) is 66.2 Å². The first-order valence-corrected chi connectivity index (χ1v) is 30.5. The maximum Gasteiger partial charge on any atom is 0.271 e. The van der Waals surface area contributed by atoms with Crippen LogP contribution in [0.4, 0.5) is 5.82 Å². The van der Waals surface area contributed by atoms with Crippen molar-refractivity contribution in [1.82, 2.24) is 62.5 Å². The van der Waals surface area contributed by atoms with Gasteiger partial charge in [-0.1, -0.05) is 37.3 Å². The highest BCUT2D eigenvalue weighted by Gasteiger charge is 2.36. The van der Waals surface area contributed by atoms with Gasteiger partial charge < -0.3 is 81.4 Å². The van der Waals surface area contributed by atoms with Gasteiger partial charge in [0.1, 0.15) is 45.8 Å². The van der Waals surface area contributed by atoms with E-state index in [0.29, 0.717) is 40.8 Å². The molecule has 20 N–H and O–H groups in total. The van der Waals surface area contributed by atoms with E-state index in [1.54, 1.807) is 41.1 Å². The molecule has 1 unspecified atom stereocenters. The second-order valence-electron chi connectivity index (χ2n) is 19.6. The Kier molecular flexibility index (Phi) is 29.4. The van der Waals surface area contributed by atoms with Gasteiger partial charge in [-0.3, -0.25) is 37.8 Å². The van der Waals surface area contributed by atoms with Gasteiger partial charge in [0, 0.05) is 71.6 Å². The molecule has 0 aliphatic heterocycles. The molecule has 4 rings (SSSR count). The van der Waals surface area contributed by atoms with Crippen molar-refractivity contribution in [2.45, 2.75) is 115 Å². The predicted molar refractivity (Wildman–Crippen MR) is 314 cm³/mol. The lowest BCUT2D eigenvalue weighted by molar-refractivity contribution is -0.136. The molecule has 0 bridgehead atoms. The summed E-state index contributed by atoms with van der Waals surface area (Å²) in [5.74, 6) is -6.88. The van der Waals surface area contributed by atoms with Crippen molar-refractivity contribution in [3.05, 3.63) is 74.4 Å². The summed E-state index contributed by atoms with van der Waals surface area (Å²) in [4.78, 5) is 110. The molecule has 4 aromatic rings. The lowest BCUT2D eigenvalue weighted by Crippen LogP contribution is -2.58. The van der Waals surface area contributed by atoms with Crippen molar-refractivity contribution >= 4 is 80.6 Å². The van der Waals surface area contributed by atoms with Crippen LogP contribution in [-0.4, -0.2) is 176 Å². The number of aliphatic hydroxyl groups is 2. The van der Waals surface area contributed by atoms with Gasteiger partial charge in [0.2, 0.25) is 29.5 Å². The Bertz CT molecular complexity index is 2740. The minimum absolute atomic E-state index is 0.0174. The summed E-state index contributed by atoms with van der Waals surface area (Å²) in [5, 5.41) is 50.4. The van der Waals surface area contributed by atoms with E-state index in [0.717, 1.165) is 51.9 Å². The average Bonchev–Trinajstić information content (AvgIpc) is 4.19. The van der Waals surface area contributed by atoms with E-state index >= 15 is 0 Å². The van der Waals surface area contributed by atoms with Gasteiger partial charge in [-0.05, 0) is 90.7 Å². The van der Waals surface area contributed by atoms with Crippen LogP contribution in [-0.2, 0) is 47.6 Å². The standard InChI is InChI=1S/C52H81N17O10S3/c1-29-41(67-46(69-44(29)56)36(25-39(55)71)62-26-33(54)45(57)73)51(78)64-34(15-23-82(4)79)49(76)65-35(24-32-12-6-5-7-13-32)43(72)30(2)47(74)68-42(31(3)70)50(77)61-22-14-40-63-38(28-80-40)52-66-37(27-81-52)48(75)60-21-11-20-59-18-9-8-17-58-19-10-16-53/h5-7,12-13,27-28,30-31,33-36,42-43,58-59,62,70,72H,8-11,14-26,53-54H2,1-4H3,(H2,55,71)(H2,57,73)(H,60,75)(H,61,77)(H,64,78)(H,65,76)(H,68,74)(H2,56,67,69)/t30-,31+,33-,34-,35+,36-,42-,43-,82?/m0/s1. The number of hydrogen-bond acceptors (Lipinski definition) is 22. The zero-order valence-electron chi connectivity index (χ0n) is 46.7. The van der Waals surface area contributed by atoms with Crippen LogP contribution in [0.1, 0.15) is 101 Å². The van der Waals surface area contributed by atoms with Gasteiger partial charge in [0.25, 0.3) is 11.8 Å². The van der Waals surface area contributed by atoms with Gasteiger partial charge in [-0.15, -0.1) is 22.7 Å². The number of benzene rings is 1. The van der Waals surface area contributed by atoms with Crippen LogP contribution in [0.5, 0.6) is 0 Å². The van der Waals surface area contributed by atoms with Crippen LogP contribution in [0.2, 0.25) is 0 Å². The van der Waals surface area contributed by atoms with Crippen molar-refractivity contribution in [2.75, 3.05) is 70.1 Å². The normalized spacial score (nSPS) is 14.7. The molecule has 1 aromatic carbocycles. The van der Waals surface area contributed by atoms with Crippen molar-refractivity contribution in [1.29, 1.82) is 0 Å². The highest BCUT2D eigenvalue weighted by atomic mass is 32.2. The SMILES string of the molecule is Cc1c(N)nc([C@H](CC(N)=O)NC[C@H](N)C(N)=O)nc1C(=O)N[C@@H](CCS(C)=O)C(=O)N[C@H](Cc1ccccc1)[C@@H](O)[C@H](C)C(=O)N[C@H](C(=O)NCCc1nc(-c2nc(C(=O)NCCCNCCCCNCCCN)cs2)cs1)[C@@H](C)O. The molecule has 9 atom stereocenters. The second kappa shape index (κ2) is 35.5. The highest BCUT2D eigenvalue weighted by molar-refractivity contribution is 7.84. The number of carbonyl (C=O) groups is 7. The maximum absolute atomic E-state index is 14.3. The van der Waals surface area contributed by atoms with Crippen molar-refractivity contribution in [3.8, 4) is 10.7 Å². The number of carbonyl (C=O) groups excluding carboxylic acids is 7. The van der Waals surface area contributed by atoms with Gasteiger partial charge in [-0.2, -0.15) is 0 Å². The first-order valence-electron chi connectivity index (χ1n) is 27.0. The van der Waals surface area contributed by atoms with Crippen LogP contribution < -0.4 is 71.2 Å². The second-order valence-corrected chi connectivity index (χ2v) is 23.0. The van der Waals surface area contributed by atoms with E-state index in [4.69, 9.17) is 28.7 Å². The van der Waals surface area contributed by atoms with E-state index in [1.807, 2.05) is 0 Å². The lowest BCUT2D eigenvalue weighted by atomic mass is 9.91. The molecule has 3 aromatic heterocycles. The Hall–Kier alpha value is -6.48. The molecule has 0 radical (unpaired) electrons. The van der Waals surface area contributed by atoms with E-state index in [2.05, 4.69) is 62.5 Å². The fraction of sp³-hybridized carbons (Fsp3) is 0.558. The van der Waals surface area contributed by atoms with Gasteiger partial charge >= 0.3 is 0 Å². The molecule has 82 heavy (non-hydrogen) atoms. The Labute approximate surface area is 487 Å². The van der Waals surface area contributed by atoms with E-state index in [1.165, 1.54) is 49.7 Å². The van der Waals surface area contributed by atoms with Gasteiger partial charge in [0.05, 0.1) is 41.3 Å². The molecule has 3 heterocycles. The topological polar surface area (TPSA) is 455 Å². The van der Waals surface area contributed by atoms with Crippen LogP contribution >= 0.6 is 22.7 Å². The van der Waals surface area contributed by atoms with Crippen molar-refractivity contribution in [3.63, 3.8) is 0 Å². The number of nitrogens with zero attached hydrogens (tertiary/aromatic N) is 4. The molecule has 0 saturated carbocycles. The number of aromatic nitrogens is 4. The largest absolute Gasteiger partial charge is 0.391 e. The number of primary amides is 2. The Morgan fingerprint density at radius 3 is 2.10 bits per heavy atom. The molecule has 30 heteroatoms. The number of rotatable bonds is 39. The highest BCUT2D eigenvalue weighted by Crippen LogP contribution is 2.26. The summed E-state index contributed by atoms with van der Waals surface area (Å²) in [6, 6.07) is 2.42. The summed E-state index contributed by atoms with van der Waals surface area (Å²) in [5.41, 5.74) is 29.5. The Morgan fingerprint density at radius 2 is 1.45 bits per heavy atom. The predicted octanol–water partition coefficient (Wildman–Crippen LogP) is -2.49. The molecule has 27 nitrogen and oxygen atoms in total. The summed E-state index contributed by atoms with van der Waals surface area (Å²) >= 11 is 2.62. The van der Waals surface area contributed by atoms with Crippen molar-refractivity contribution < 1.29 is 48.0 Å². The number of nitrogens with one attached hydrogen (secondary N) is 8. The number of anilines is 1. The number of nitrogen functional groups attached to an aromatic ring is 1. The zero-order valence-corrected chi connectivity index (χ0v) is 49.2.